The molecule has 7 nitrogen and oxygen atoms in total. The average molecular weight is 461 g/mol. The largest absolute Gasteiger partial charge is 0.494 e. The summed E-state index contributed by atoms with van der Waals surface area (Å²) in [6, 6.07) is 5.52. The van der Waals surface area contributed by atoms with Crippen molar-refractivity contribution in [2.75, 3.05) is 12.4 Å². The van der Waals surface area contributed by atoms with Gasteiger partial charge < -0.3 is 10.1 Å². The van der Waals surface area contributed by atoms with Crippen LogP contribution < -0.4 is 10.1 Å². The molecule has 1 aromatic carbocycles. The zero-order valence-electron chi connectivity index (χ0n) is 18.7. The van der Waals surface area contributed by atoms with Crippen LogP contribution in [0.1, 0.15) is 61.8 Å². The van der Waals surface area contributed by atoms with Crippen molar-refractivity contribution in [3.8, 4) is 5.75 Å². The molecular weight excluding hydrogens is 435 g/mol. The maximum atomic E-state index is 12.7. The second-order valence-electron chi connectivity index (χ2n) is 8.79. The number of benzene rings is 1. The number of rotatable bonds is 5. The Balaban J connectivity index is 1.54. The number of nitrogens with zero attached hydrogens (tertiary/aromatic N) is 4. The smallest absolute Gasteiger partial charge is 0.435 e. The Hall–Kier alpha value is -3.17. The van der Waals surface area contributed by atoms with E-state index in [0.717, 1.165) is 41.8 Å². The summed E-state index contributed by atoms with van der Waals surface area (Å²) in [4.78, 5) is 12.5. The molecule has 4 rings (SSSR count). The lowest BCUT2D eigenvalue weighted by atomic mass is 9.80. The molecule has 1 amide bonds. The van der Waals surface area contributed by atoms with Crippen LogP contribution in [0, 0.1) is 11.8 Å². The summed E-state index contributed by atoms with van der Waals surface area (Å²) in [5.41, 5.74) is -0.277. The van der Waals surface area contributed by atoms with Crippen LogP contribution in [-0.4, -0.2) is 33.0 Å². The van der Waals surface area contributed by atoms with Gasteiger partial charge in [0.05, 0.1) is 24.4 Å². The number of carbonyl (C=O) groups is 1. The van der Waals surface area contributed by atoms with Crippen LogP contribution in [0.4, 0.5) is 18.9 Å². The van der Waals surface area contributed by atoms with E-state index in [2.05, 4.69) is 29.4 Å². The molecule has 2 aromatic heterocycles. The molecule has 1 fully saturated rings. The van der Waals surface area contributed by atoms with Crippen molar-refractivity contribution in [2.24, 2.45) is 11.8 Å². The lowest BCUT2D eigenvalue weighted by Crippen LogP contribution is -2.21. The number of aromatic nitrogens is 4. The normalized spacial score (nSPS) is 19.1. The number of anilines is 1. The molecule has 0 spiro atoms. The van der Waals surface area contributed by atoms with Gasteiger partial charge in [-0.2, -0.15) is 18.3 Å². The molecule has 0 bridgehead atoms. The van der Waals surface area contributed by atoms with E-state index in [-0.39, 0.29) is 5.69 Å². The molecule has 1 N–H and O–H groups in total. The summed E-state index contributed by atoms with van der Waals surface area (Å²) in [6.07, 6.45) is 1.84. The van der Waals surface area contributed by atoms with E-state index < -0.39 is 17.8 Å². The second kappa shape index (κ2) is 8.99. The number of halogens is 3. The van der Waals surface area contributed by atoms with Gasteiger partial charge in [-0.3, -0.25) is 9.48 Å². The predicted octanol–water partition coefficient (Wildman–Crippen LogP) is 5.49. The van der Waals surface area contributed by atoms with Gasteiger partial charge in [-0.05, 0) is 55.7 Å². The van der Waals surface area contributed by atoms with Crippen molar-refractivity contribution >= 4 is 22.5 Å². The fourth-order valence-corrected chi connectivity index (χ4v) is 4.35. The molecule has 1 aliphatic rings. The number of methoxy groups -OCH3 is 1. The van der Waals surface area contributed by atoms with Crippen LogP contribution in [0.5, 0.6) is 5.75 Å². The summed E-state index contributed by atoms with van der Waals surface area (Å²) in [6.45, 7) is 4.54. The molecule has 176 valence electrons. The third kappa shape index (κ3) is 4.94. The van der Waals surface area contributed by atoms with E-state index in [4.69, 9.17) is 9.84 Å². The van der Waals surface area contributed by atoms with Crippen LogP contribution in [0.2, 0.25) is 0 Å². The van der Waals surface area contributed by atoms with Crippen LogP contribution >= 0.6 is 0 Å². The maximum absolute atomic E-state index is 12.7. The number of hydrogen-bond donors (Lipinski definition) is 1. The van der Waals surface area contributed by atoms with Crippen molar-refractivity contribution < 1.29 is 22.7 Å². The van der Waals surface area contributed by atoms with Gasteiger partial charge in [0.1, 0.15) is 5.75 Å². The van der Waals surface area contributed by atoms with E-state index in [1.54, 1.807) is 12.1 Å². The van der Waals surface area contributed by atoms with E-state index in [1.165, 1.54) is 20.0 Å². The first-order valence-electron chi connectivity index (χ1n) is 10.9. The Bertz CT molecular complexity index is 1130. The minimum atomic E-state index is -4.62. The minimum absolute atomic E-state index is 0.234. The van der Waals surface area contributed by atoms with Crippen molar-refractivity contribution in [3.05, 3.63) is 41.9 Å². The predicted molar refractivity (Wildman–Crippen MR) is 117 cm³/mol. The molecule has 33 heavy (non-hydrogen) atoms. The Kier molecular flexibility index (Phi) is 6.27. The molecule has 0 atom stereocenters. The fraction of sp³-hybridized carbons (Fsp3) is 0.478. The van der Waals surface area contributed by atoms with E-state index in [0.29, 0.717) is 23.4 Å². The molecule has 0 radical (unpaired) electrons. The van der Waals surface area contributed by atoms with Gasteiger partial charge in [-0.25, -0.2) is 0 Å². The highest BCUT2D eigenvalue weighted by Gasteiger charge is 2.33. The SMILES string of the molecule is COc1cc2nn(C3CCC(C(C)C)CC3)cc2cc1NC(=O)c1ccc(C(F)(F)F)nn1. The van der Waals surface area contributed by atoms with Gasteiger partial charge in [0.15, 0.2) is 11.4 Å². The van der Waals surface area contributed by atoms with E-state index in [1.807, 2.05) is 10.9 Å². The van der Waals surface area contributed by atoms with Gasteiger partial charge in [0.25, 0.3) is 5.91 Å². The highest BCUT2D eigenvalue weighted by Crippen LogP contribution is 2.37. The number of ether oxygens (including phenoxy) is 1. The lowest BCUT2D eigenvalue weighted by Gasteiger charge is -2.30. The van der Waals surface area contributed by atoms with Gasteiger partial charge in [-0.1, -0.05) is 13.8 Å². The zero-order valence-corrected chi connectivity index (χ0v) is 18.7. The Labute approximate surface area is 189 Å². The second-order valence-corrected chi connectivity index (χ2v) is 8.79. The van der Waals surface area contributed by atoms with Crippen molar-refractivity contribution in [1.29, 1.82) is 0 Å². The van der Waals surface area contributed by atoms with Crippen LogP contribution in [-0.2, 0) is 6.18 Å². The number of carbonyl (C=O) groups excluding carboxylic acids is 1. The lowest BCUT2D eigenvalue weighted by molar-refractivity contribution is -0.141. The molecule has 0 unspecified atom stereocenters. The number of alkyl halides is 3. The van der Waals surface area contributed by atoms with Gasteiger partial charge in [-0.15, -0.1) is 10.2 Å². The first kappa shape index (κ1) is 23.0. The number of nitrogens with one attached hydrogen (secondary N) is 1. The monoisotopic (exact) mass is 461 g/mol. The fourth-order valence-electron chi connectivity index (χ4n) is 4.35. The minimum Gasteiger partial charge on any atom is -0.494 e. The van der Waals surface area contributed by atoms with Crippen molar-refractivity contribution in [2.45, 2.75) is 51.7 Å². The molecule has 10 heteroatoms. The van der Waals surface area contributed by atoms with Crippen LogP contribution in [0.3, 0.4) is 0 Å². The topological polar surface area (TPSA) is 81.9 Å². The van der Waals surface area contributed by atoms with Crippen molar-refractivity contribution in [3.63, 3.8) is 0 Å². The average Bonchev–Trinajstić information content (AvgIpc) is 3.21. The van der Waals surface area contributed by atoms with Gasteiger partial charge in [0, 0.05) is 17.6 Å². The summed E-state index contributed by atoms with van der Waals surface area (Å²) < 4.78 is 45.4. The molecular formula is C23H26F3N5O2. The van der Waals surface area contributed by atoms with Gasteiger partial charge in [0.2, 0.25) is 0 Å². The van der Waals surface area contributed by atoms with Crippen LogP contribution in [0.25, 0.3) is 10.9 Å². The molecule has 2 heterocycles. The molecule has 0 aliphatic heterocycles. The summed E-state index contributed by atoms with van der Waals surface area (Å²) >= 11 is 0. The van der Waals surface area contributed by atoms with E-state index in [9.17, 15) is 18.0 Å². The zero-order chi connectivity index (χ0) is 23.8. The third-order valence-corrected chi connectivity index (χ3v) is 6.34. The van der Waals surface area contributed by atoms with Crippen molar-refractivity contribution in [1.82, 2.24) is 20.0 Å². The standard InChI is InChI=1S/C23H26F3N5O2/c1-13(2)14-4-6-16(7-5-14)31-12-15-10-19(20(33-3)11-18(15)30-31)27-22(32)17-8-9-21(29-28-17)23(24,25)26/h8-14,16H,4-7H2,1-3H3,(H,27,32). The Morgan fingerprint density at radius 1 is 1.15 bits per heavy atom. The molecule has 1 saturated carbocycles. The molecule has 1 aliphatic carbocycles. The van der Waals surface area contributed by atoms with E-state index >= 15 is 0 Å². The third-order valence-electron chi connectivity index (χ3n) is 6.34. The summed E-state index contributed by atoms with van der Waals surface area (Å²) in [5, 5.41) is 14.7. The number of hydrogen-bond acceptors (Lipinski definition) is 5. The summed E-state index contributed by atoms with van der Waals surface area (Å²) in [5.74, 6) is 1.15. The maximum Gasteiger partial charge on any atom is 0.435 e. The first-order valence-corrected chi connectivity index (χ1v) is 10.9. The molecule has 3 aromatic rings. The highest BCUT2D eigenvalue weighted by molar-refractivity contribution is 6.04. The Morgan fingerprint density at radius 3 is 2.45 bits per heavy atom. The van der Waals surface area contributed by atoms with Gasteiger partial charge >= 0.3 is 6.18 Å². The Morgan fingerprint density at radius 2 is 1.88 bits per heavy atom. The quantitative estimate of drug-likeness (QED) is 0.543. The summed E-state index contributed by atoms with van der Waals surface area (Å²) in [7, 11) is 1.47. The number of amides is 1. The van der Waals surface area contributed by atoms with Crippen LogP contribution in [0.15, 0.2) is 30.5 Å². The molecule has 0 saturated heterocycles. The highest BCUT2D eigenvalue weighted by atomic mass is 19.4. The first-order chi connectivity index (χ1) is 15.7. The number of fused-ring (bicyclic) bond motifs is 1.